The molecule has 0 aliphatic carbocycles. The lowest BCUT2D eigenvalue weighted by molar-refractivity contribution is 0.101. The summed E-state index contributed by atoms with van der Waals surface area (Å²) >= 11 is 0. The molecule has 3 rings (SSSR count). The molecule has 3 aromatic rings. The molecule has 0 aliphatic heterocycles. The van der Waals surface area contributed by atoms with E-state index in [-0.39, 0.29) is 17.0 Å². The van der Waals surface area contributed by atoms with Crippen LogP contribution in [-0.2, 0) is 0 Å². The van der Waals surface area contributed by atoms with E-state index in [1.807, 2.05) is 0 Å². The number of benzene rings is 1. The Balaban J connectivity index is 2.19. The molecule has 2 heterocycles. The standard InChI is InChI=1S/C11H9N5O2/c1-6(17)9-5-11(18)16(14-9)7-2-3-8-10(4-7)13-15-12-8/h2-5,14H,1H3,(H,12,13,15). The van der Waals surface area contributed by atoms with Gasteiger partial charge in [-0.1, -0.05) is 0 Å². The highest BCUT2D eigenvalue weighted by molar-refractivity contribution is 5.92. The Kier molecular flexibility index (Phi) is 2.12. The van der Waals surface area contributed by atoms with Gasteiger partial charge in [-0.05, 0) is 18.2 Å². The first-order chi connectivity index (χ1) is 8.65. The predicted octanol–water partition coefficient (Wildman–Crippen LogP) is 0.639. The maximum Gasteiger partial charge on any atom is 0.271 e. The summed E-state index contributed by atoms with van der Waals surface area (Å²) in [6, 6.07) is 6.46. The molecule has 0 saturated heterocycles. The maximum atomic E-state index is 11.8. The van der Waals surface area contributed by atoms with E-state index < -0.39 is 0 Å². The minimum Gasteiger partial charge on any atom is -0.293 e. The normalized spacial score (nSPS) is 10.9. The zero-order valence-corrected chi connectivity index (χ0v) is 9.47. The zero-order chi connectivity index (χ0) is 12.7. The first-order valence-electron chi connectivity index (χ1n) is 5.29. The van der Waals surface area contributed by atoms with E-state index >= 15 is 0 Å². The number of carbonyl (C=O) groups excluding carboxylic acids is 1. The van der Waals surface area contributed by atoms with Crippen molar-refractivity contribution in [3.8, 4) is 5.69 Å². The van der Waals surface area contributed by atoms with E-state index in [9.17, 15) is 9.59 Å². The van der Waals surface area contributed by atoms with Crippen molar-refractivity contribution in [3.63, 3.8) is 0 Å². The second-order valence-corrected chi connectivity index (χ2v) is 3.90. The Labute approximate surface area is 100 Å². The fourth-order valence-electron chi connectivity index (χ4n) is 1.74. The smallest absolute Gasteiger partial charge is 0.271 e. The first kappa shape index (κ1) is 10.5. The van der Waals surface area contributed by atoms with Crippen LogP contribution < -0.4 is 5.56 Å². The zero-order valence-electron chi connectivity index (χ0n) is 9.47. The third-order valence-corrected chi connectivity index (χ3v) is 2.66. The Morgan fingerprint density at radius 1 is 1.22 bits per heavy atom. The summed E-state index contributed by atoms with van der Waals surface area (Å²) in [5, 5.41) is 13.1. The van der Waals surface area contributed by atoms with Crippen LogP contribution in [0.15, 0.2) is 29.1 Å². The van der Waals surface area contributed by atoms with Crippen molar-refractivity contribution in [2.75, 3.05) is 0 Å². The van der Waals surface area contributed by atoms with Gasteiger partial charge in [0.15, 0.2) is 5.78 Å². The summed E-state index contributed by atoms with van der Waals surface area (Å²) in [4.78, 5) is 23.0. The van der Waals surface area contributed by atoms with Crippen LogP contribution in [0.1, 0.15) is 17.4 Å². The molecule has 0 saturated carbocycles. The molecule has 7 heteroatoms. The van der Waals surface area contributed by atoms with Crippen LogP contribution in [0.4, 0.5) is 0 Å². The summed E-state index contributed by atoms with van der Waals surface area (Å²) < 4.78 is 1.30. The highest BCUT2D eigenvalue weighted by Crippen LogP contribution is 2.12. The molecule has 0 bridgehead atoms. The third-order valence-electron chi connectivity index (χ3n) is 2.66. The van der Waals surface area contributed by atoms with E-state index in [1.54, 1.807) is 18.2 Å². The molecular weight excluding hydrogens is 234 g/mol. The molecule has 18 heavy (non-hydrogen) atoms. The number of ketones is 1. The number of fused-ring (bicyclic) bond motifs is 1. The topological polar surface area (TPSA) is 96.4 Å². The van der Waals surface area contributed by atoms with Gasteiger partial charge in [-0.3, -0.25) is 14.7 Å². The van der Waals surface area contributed by atoms with E-state index in [0.717, 1.165) is 0 Å². The van der Waals surface area contributed by atoms with Crippen molar-refractivity contribution >= 4 is 16.8 Å². The number of Topliss-reactive ketones (excluding diaryl/α,β-unsaturated/α-hetero) is 1. The van der Waals surface area contributed by atoms with Gasteiger partial charge in [0.05, 0.1) is 5.69 Å². The van der Waals surface area contributed by atoms with Crippen molar-refractivity contribution < 1.29 is 4.79 Å². The average Bonchev–Trinajstić information content (AvgIpc) is 2.93. The van der Waals surface area contributed by atoms with E-state index in [4.69, 9.17) is 0 Å². The quantitative estimate of drug-likeness (QED) is 0.645. The van der Waals surface area contributed by atoms with Gasteiger partial charge in [0.2, 0.25) is 0 Å². The van der Waals surface area contributed by atoms with Crippen LogP contribution in [0.2, 0.25) is 0 Å². The highest BCUT2D eigenvalue weighted by atomic mass is 16.1. The van der Waals surface area contributed by atoms with Crippen molar-refractivity contribution in [2.24, 2.45) is 0 Å². The maximum absolute atomic E-state index is 11.8. The molecule has 2 N–H and O–H groups in total. The molecule has 0 atom stereocenters. The SMILES string of the molecule is CC(=O)c1cc(=O)n(-c2ccc3n[nH]nc3c2)[nH]1. The summed E-state index contributed by atoms with van der Waals surface area (Å²) in [7, 11) is 0. The van der Waals surface area contributed by atoms with Crippen molar-refractivity contribution in [1.29, 1.82) is 0 Å². The number of hydrogen-bond donors (Lipinski definition) is 2. The molecule has 2 aromatic heterocycles. The fraction of sp³-hybridized carbons (Fsp3) is 0.0909. The van der Waals surface area contributed by atoms with Gasteiger partial charge in [0.25, 0.3) is 5.56 Å². The number of rotatable bonds is 2. The lowest BCUT2D eigenvalue weighted by Gasteiger charge is -2.00. The Morgan fingerprint density at radius 2 is 2.00 bits per heavy atom. The molecule has 7 nitrogen and oxygen atoms in total. The summed E-state index contributed by atoms with van der Waals surface area (Å²) in [5.41, 5.74) is 1.96. The van der Waals surface area contributed by atoms with Gasteiger partial charge >= 0.3 is 0 Å². The van der Waals surface area contributed by atoms with Crippen molar-refractivity contribution in [1.82, 2.24) is 25.2 Å². The first-order valence-corrected chi connectivity index (χ1v) is 5.29. The largest absolute Gasteiger partial charge is 0.293 e. The molecule has 0 amide bonds. The molecular formula is C11H9N5O2. The van der Waals surface area contributed by atoms with Crippen molar-refractivity contribution in [2.45, 2.75) is 6.92 Å². The van der Waals surface area contributed by atoms with Gasteiger partial charge in [-0.2, -0.15) is 15.4 Å². The summed E-state index contributed by atoms with van der Waals surface area (Å²) in [5.74, 6) is -0.187. The molecule has 0 radical (unpaired) electrons. The van der Waals surface area contributed by atoms with E-state index in [0.29, 0.717) is 16.7 Å². The number of nitrogens with zero attached hydrogens (tertiary/aromatic N) is 3. The van der Waals surface area contributed by atoms with Crippen molar-refractivity contribution in [3.05, 3.63) is 40.3 Å². The van der Waals surface area contributed by atoms with Gasteiger partial charge in [0, 0.05) is 13.0 Å². The van der Waals surface area contributed by atoms with Crippen LogP contribution in [-0.4, -0.2) is 31.0 Å². The lowest BCUT2D eigenvalue weighted by Crippen LogP contribution is -2.13. The Bertz CT molecular complexity index is 795. The number of aromatic amines is 2. The Morgan fingerprint density at radius 3 is 2.72 bits per heavy atom. The number of hydrogen-bond acceptors (Lipinski definition) is 4. The second kappa shape index (κ2) is 3.66. The molecule has 0 fully saturated rings. The van der Waals surface area contributed by atoms with Crippen LogP contribution in [0.25, 0.3) is 16.7 Å². The van der Waals surface area contributed by atoms with Gasteiger partial charge in [-0.25, -0.2) is 4.68 Å². The number of H-pyrrole nitrogens is 2. The second-order valence-electron chi connectivity index (χ2n) is 3.90. The molecule has 0 unspecified atom stereocenters. The number of carbonyl (C=O) groups is 1. The Hall–Kier alpha value is -2.70. The monoisotopic (exact) mass is 243 g/mol. The summed E-state index contributed by atoms with van der Waals surface area (Å²) in [6.07, 6.45) is 0. The van der Waals surface area contributed by atoms with Gasteiger partial charge < -0.3 is 0 Å². The molecule has 0 spiro atoms. The average molecular weight is 243 g/mol. The predicted molar refractivity (Wildman–Crippen MR) is 63.8 cm³/mol. The number of aromatic nitrogens is 5. The highest BCUT2D eigenvalue weighted by Gasteiger charge is 2.09. The van der Waals surface area contributed by atoms with Crippen LogP contribution in [0.5, 0.6) is 0 Å². The minimum absolute atomic E-state index is 0.187. The van der Waals surface area contributed by atoms with Crippen LogP contribution in [0, 0.1) is 0 Å². The minimum atomic E-state index is -0.289. The molecule has 0 aliphatic rings. The van der Waals surface area contributed by atoms with E-state index in [1.165, 1.54) is 17.7 Å². The van der Waals surface area contributed by atoms with Gasteiger partial charge in [-0.15, -0.1) is 0 Å². The molecule has 90 valence electrons. The van der Waals surface area contributed by atoms with Gasteiger partial charge in [0.1, 0.15) is 16.7 Å². The fourth-order valence-corrected chi connectivity index (χ4v) is 1.74. The van der Waals surface area contributed by atoms with Crippen LogP contribution in [0.3, 0.4) is 0 Å². The lowest BCUT2D eigenvalue weighted by atomic mass is 10.3. The third kappa shape index (κ3) is 1.53. The van der Waals surface area contributed by atoms with Crippen LogP contribution >= 0.6 is 0 Å². The van der Waals surface area contributed by atoms with E-state index in [2.05, 4.69) is 20.5 Å². The number of nitrogens with one attached hydrogen (secondary N) is 2. The summed E-state index contributed by atoms with van der Waals surface area (Å²) in [6.45, 7) is 1.40. The molecule has 1 aromatic carbocycles.